The normalized spacial score (nSPS) is 17.5. The van der Waals surface area contributed by atoms with Gasteiger partial charge in [0.05, 0.1) is 17.1 Å². The van der Waals surface area contributed by atoms with Gasteiger partial charge in [-0.2, -0.15) is 5.10 Å². The molecule has 0 aliphatic carbocycles. The minimum Gasteiger partial charge on any atom is -0.354 e. The largest absolute Gasteiger partial charge is 0.354 e. The van der Waals surface area contributed by atoms with E-state index in [0.717, 1.165) is 54.6 Å². The molecule has 1 aliphatic rings. The van der Waals surface area contributed by atoms with Gasteiger partial charge in [-0.25, -0.2) is 19.4 Å². The minimum atomic E-state index is -0.199. The van der Waals surface area contributed by atoms with Gasteiger partial charge in [-0.3, -0.25) is 4.98 Å². The molecule has 26 heavy (non-hydrogen) atoms. The first kappa shape index (κ1) is 16.5. The van der Waals surface area contributed by atoms with Gasteiger partial charge in [-0.15, -0.1) is 0 Å². The maximum absolute atomic E-state index is 12.3. The number of H-pyrrole nitrogens is 1. The van der Waals surface area contributed by atoms with E-state index in [4.69, 9.17) is 0 Å². The van der Waals surface area contributed by atoms with E-state index in [1.165, 1.54) is 0 Å². The molecule has 0 spiro atoms. The van der Waals surface area contributed by atoms with Crippen LogP contribution in [0.1, 0.15) is 36.0 Å². The number of aryl methyl sites for hydroxylation is 2. The molecule has 4 rings (SSSR count). The Morgan fingerprint density at radius 2 is 2.00 bits per heavy atom. The van der Waals surface area contributed by atoms with Crippen molar-refractivity contribution in [2.45, 2.75) is 32.6 Å². The third-order valence-electron chi connectivity index (χ3n) is 4.85. The molecule has 7 nitrogen and oxygen atoms in total. The summed E-state index contributed by atoms with van der Waals surface area (Å²) in [6, 6.07) is 9.65. The second-order valence-electron chi connectivity index (χ2n) is 6.76. The molecule has 3 heterocycles. The smallest absolute Gasteiger partial charge is 0.347 e. The van der Waals surface area contributed by atoms with E-state index in [9.17, 15) is 4.79 Å². The van der Waals surface area contributed by atoms with E-state index in [2.05, 4.69) is 25.1 Å². The van der Waals surface area contributed by atoms with Crippen molar-refractivity contribution in [2.24, 2.45) is 0 Å². The highest BCUT2D eigenvalue weighted by atomic mass is 16.1. The number of benzene rings is 1. The van der Waals surface area contributed by atoms with Crippen LogP contribution < -0.4 is 10.6 Å². The Kier molecular flexibility index (Phi) is 4.28. The number of hydrogen-bond acceptors (Lipinski definition) is 5. The molecule has 0 saturated carbocycles. The highest BCUT2D eigenvalue weighted by Crippen LogP contribution is 2.29. The van der Waals surface area contributed by atoms with Gasteiger partial charge >= 0.3 is 5.69 Å². The van der Waals surface area contributed by atoms with E-state index < -0.39 is 0 Å². The summed E-state index contributed by atoms with van der Waals surface area (Å²) in [6.45, 7) is 5.66. The van der Waals surface area contributed by atoms with Crippen LogP contribution in [0.4, 0.5) is 5.82 Å². The zero-order chi connectivity index (χ0) is 18.1. The van der Waals surface area contributed by atoms with Gasteiger partial charge < -0.3 is 4.90 Å². The fourth-order valence-corrected chi connectivity index (χ4v) is 3.61. The molecule has 1 aromatic carbocycles. The zero-order valence-electron chi connectivity index (χ0n) is 15.0. The summed E-state index contributed by atoms with van der Waals surface area (Å²) in [7, 11) is 0. The molecule has 1 saturated heterocycles. The number of para-hydroxylation sites is 1. The van der Waals surface area contributed by atoms with Crippen molar-refractivity contribution < 1.29 is 0 Å². The maximum atomic E-state index is 12.3. The first-order valence-corrected chi connectivity index (χ1v) is 8.91. The average Bonchev–Trinajstić information content (AvgIpc) is 3.06. The molecule has 134 valence electrons. The van der Waals surface area contributed by atoms with Crippen molar-refractivity contribution in [3.63, 3.8) is 0 Å². The van der Waals surface area contributed by atoms with Gasteiger partial charge in [-0.1, -0.05) is 18.2 Å². The van der Waals surface area contributed by atoms with Crippen LogP contribution in [0.15, 0.2) is 41.3 Å². The Morgan fingerprint density at radius 3 is 2.81 bits per heavy atom. The second kappa shape index (κ2) is 6.74. The number of anilines is 1. The lowest BCUT2D eigenvalue weighted by molar-refractivity contribution is 0.481. The van der Waals surface area contributed by atoms with Gasteiger partial charge in [-0.05, 0) is 38.8 Å². The number of aromatic nitrogens is 5. The van der Waals surface area contributed by atoms with Crippen LogP contribution in [-0.4, -0.2) is 37.8 Å². The molecule has 3 aromatic rings. The van der Waals surface area contributed by atoms with Crippen molar-refractivity contribution in [1.82, 2.24) is 24.7 Å². The highest BCUT2D eigenvalue weighted by Gasteiger charge is 2.28. The van der Waals surface area contributed by atoms with Crippen LogP contribution in [0, 0.1) is 13.8 Å². The summed E-state index contributed by atoms with van der Waals surface area (Å²) in [5.74, 6) is 1.87. The fourth-order valence-electron chi connectivity index (χ4n) is 3.61. The first-order valence-electron chi connectivity index (χ1n) is 8.91. The van der Waals surface area contributed by atoms with Crippen molar-refractivity contribution >= 4 is 5.82 Å². The van der Waals surface area contributed by atoms with Crippen LogP contribution in [0.5, 0.6) is 0 Å². The van der Waals surface area contributed by atoms with Gasteiger partial charge in [0, 0.05) is 25.2 Å². The Labute approximate surface area is 151 Å². The molecule has 1 aliphatic heterocycles. The quantitative estimate of drug-likeness (QED) is 0.784. The Morgan fingerprint density at radius 1 is 1.19 bits per heavy atom. The monoisotopic (exact) mass is 350 g/mol. The molecule has 0 amide bonds. The maximum Gasteiger partial charge on any atom is 0.347 e. The lowest BCUT2D eigenvalue weighted by Gasteiger charge is -2.33. The van der Waals surface area contributed by atoms with Gasteiger partial charge in [0.25, 0.3) is 0 Å². The topological polar surface area (TPSA) is 79.7 Å². The van der Waals surface area contributed by atoms with Crippen molar-refractivity contribution in [3.8, 4) is 5.69 Å². The van der Waals surface area contributed by atoms with Crippen molar-refractivity contribution in [2.75, 3.05) is 18.0 Å². The van der Waals surface area contributed by atoms with Gasteiger partial charge in [0.15, 0.2) is 0 Å². The molecule has 0 bridgehead atoms. The predicted molar refractivity (Wildman–Crippen MR) is 99.9 cm³/mol. The van der Waals surface area contributed by atoms with E-state index in [-0.39, 0.29) is 11.6 Å². The number of nitrogens with zero attached hydrogens (tertiary/aromatic N) is 5. The first-order chi connectivity index (χ1) is 12.6. The van der Waals surface area contributed by atoms with E-state index in [1.807, 2.05) is 44.2 Å². The van der Waals surface area contributed by atoms with Crippen LogP contribution in [0.25, 0.3) is 5.69 Å². The van der Waals surface area contributed by atoms with E-state index in [1.54, 1.807) is 10.8 Å². The summed E-state index contributed by atoms with van der Waals surface area (Å²) >= 11 is 0. The summed E-state index contributed by atoms with van der Waals surface area (Å²) in [5.41, 5.74) is 2.48. The Balaban J connectivity index is 1.68. The standard InChI is InChI=1S/C19H22N6O/c1-13-11-20-14(2)17(21-13)24-10-6-7-15(12-24)18-22-23-19(26)25(18)16-8-4-3-5-9-16/h3-5,8-9,11,15H,6-7,10,12H2,1-2H3,(H,23,26). The minimum absolute atomic E-state index is 0.157. The van der Waals surface area contributed by atoms with Crippen LogP contribution in [0.3, 0.4) is 0 Å². The van der Waals surface area contributed by atoms with Crippen molar-refractivity contribution in [3.05, 3.63) is 64.2 Å². The molecule has 2 aromatic heterocycles. The lowest BCUT2D eigenvalue weighted by Crippen LogP contribution is -2.37. The van der Waals surface area contributed by atoms with Crippen molar-refractivity contribution in [1.29, 1.82) is 0 Å². The molecule has 0 radical (unpaired) electrons. The molecule has 1 N–H and O–H groups in total. The molecule has 1 atom stereocenters. The number of hydrogen-bond donors (Lipinski definition) is 1. The molecular formula is C19H22N6O. The van der Waals surface area contributed by atoms with Crippen LogP contribution in [0.2, 0.25) is 0 Å². The third-order valence-corrected chi connectivity index (χ3v) is 4.85. The lowest BCUT2D eigenvalue weighted by atomic mass is 9.97. The van der Waals surface area contributed by atoms with Crippen LogP contribution in [-0.2, 0) is 0 Å². The summed E-state index contributed by atoms with van der Waals surface area (Å²) in [5, 5.41) is 6.97. The number of piperidine rings is 1. The summed E-state index contributed by atoms with van der Waals surface area (Å²) in [4.78, 5) is 23.7. The van der Waals surface area contributed by atoms with Gasteiger partial charge in [0.2, 0.25) is 0 Å². The number of rotatable bonds is 3. The second-order valence-corrected chi connectivity index (χ2v) is 6.76. The number of nitrogens with one attached hydrogen (secondary N) is 1. The van der Waals surface area contributed by atoms with Crippen LogP contribution >= 0.6 is 0 Å². The summed E-state index contributed by atoms with van der Waals surface area (Å²) < 4.78 is 1.68. The average molecular weight is 350 g/mol. The molecule has 7 heteroatoms. The van der Waals surface area contributed by atoms with E-state index >= 15 is 0 Å². The van der Waals surface area contributed by atoms with Gasteiger partial charge in [0.1, 0.15) is 11.6 Å². The molecule has 1 unspecified atom stereocenters. The zero-order valence-corrected chi connectivity index (χ0v) is 15.0. The molecular weight excluding hydrogens is 328 g/mol. The fraction of sp³-hybridized carbons (Fsp3) is 0.368. The number of aromatic amines is 1. The van der Waals surface area contributed by atoms with E-state index in [0.29, 0.717) is 0 Å². The Hall–Kier alpha value is -2.96. The molecule has 1 fully saturated rings. The summed E-state index contributed by atoms with van der Waals surface area (Å²) in [6.07, 6.45) is 3.81. The predicted octanol–water partition coefficient (Wildman–Crippen LogP) is 2.35. The Bertz CT molecular complexity index is 962. The third kappa shape index (κ3) is 3.00. The SMILES string of the molecule is Cc1cnc(C)c(N2CCCC(c3n[nH]c(=O)n3-c3ccccc3)C2)n1. The highest BCUT2D eigenvalue weighted by molar-refractivity contribution is 5.44.